The number of thiazole rings is 1. The van der Waals surface area contributed by atoms with Crippen LogP contribution in [0.1, 0.15) is 32.8 Å². The largest absolute Gasteiger partial charge is 0.352 e. The van der Waals surface area contributed by atoms with Crippen LogP contribution in [0.25, 0.3) is 0 Å². The molecule has 3 aromatic rings. The number of hydrogen-bond donors (Lipinski definition) is 2. The Kier molecular flexibility index (Phi) is 6.79. The Bertz CT molecular complexity index is 973. The van der Waals surface area contributed by atoms with Crippen LogP contribution in [0.4, 0.5) is 5.13 Å². The number of halogens is 1. The van der Waals surface area contributed by atoms with Crippen molar-refractivity contribution in [1.82, 2.24) is 10.3 Å². The molecule has 0 saturated carbocycles. The van der Waals surface area contributed by atoms with Crippen LogP contribution in [-0.4, -0.2) is 23.3 Å². The smallest absolute Gasteiger partial charge is 0.251 e. The number of benzene rings is 2. The molecular weight excluding hydrogens is 394 g/mol. The van der Waals surface area contributed by atoms with E-state index in [-0.39, 0.29) is 24.8 Å². The van der Waals surface area contributed by atoms with Crippen molar-refractivity contribution in [3.8, 4) is 0 Å². The molecule has 28 heavy (non-hydrogen) atoms. The van der Waals surface area contributed by atoms with Crippen molar-refractivity contribution in [2.24, 2.45) is 0 Å². The molecule has 1 heterocycles. The molecule has 0 atom stereocenters. The molecule has 0 fully saturated rings. The lowest BCUT2D eigenvalue weighted by Gasteiger charge is -2.05. The summed E-state index contributed by atoms with van der Waals surface area (Å²) in [6, 6.07) is 14.8. The normalized spacial score (nSPS) is 10.5. The maximum absolute atomic E-state index is 12.1. The maximum Gasteiger partial charge on any atom is 0.251 e. The van der Waals surface area contributed by atoms with Gasteiger partial charge in [-0.1, -0.05) is 48.0 Å². The second-order valence-electron chi connectivity index (χ2n) is 6.28. The highest BCUT2D eigenvalue weighted by Gasteiger charge is 2.10. The minimum atomic E-state index is -0.194. The molecule has 0 spiro atoms. The molecule has 0 unspecified atom stereocenters. The summed E-state index contributed by atoms with van der Waals surface area (Å²) in [5.74, 6) is -0.386. The fourth-order valence-electron chi connectivity index (χ4n) is 2.64. The van der Waals surface area contributed by atoms with Gasteiger partial charge in [0.1, 0.15) is 0 Å². The Balaban J connectivity index is 1.47. The third kappa shape index (κ3) is 5.41. The average molecular weight is 414 g/mol. The predicted molar refractivity (Wildman–Crippen MR) is 113 cm³/mol. The summed E-state index contributed by atoms with van der Waals surface area (Å²) in [6.07, 6.45) is 2.59. The summed E-state index contributed by atoms with van der Waals surface area (Å²) in [6.45, 7) is 2.23. The van der Waals surface area contributed by atoms with Gasteiger partial charge in [-0.05, 0) is 30.2 Å². The van der Waals surface area contributed by atoms with Gasteiger partial charge in [0.25, 0.3) is 5.91 Å². The quantitative estimate of drug-likeness (QED) is 0.601. The molecule has 5 nitrogen and oxygen atoms in total. The molecule has 3 rings (SSSR count). The summed E-state index contributed by atoms with van der Waals surface area (Å²) in [5, 5.41) is 6.81. The van der Waals surface area contributed by atoms with Gasteiger partial charge in [0, 0.05) is 41.0 Å². The zero-order valence-corrected chi connectivity index (χ0v) is 16.9. The lowest BCUT2D eigenvalue weighted by atomic mass is 10.1. The predicted octanol–water partition coefficient (Wildman–Crippen LogP) is 4.45. The van der Waals surface area contributed by atoms with Gasteiger partial charge >= 0.3 is 0 Å². The van der Waals surface area contributed by atoms with Gasteiger partial charge in [-0.3, -0.25) is 9.59 Å². The number of carbonyl (C=O) groups excluding carboxylic acids is 2. The highest BCUT2D eigenvalue weighted by atomic mass is 35.5. The van der Waals surface area contributed by atoms with Crippen molar-refractivity contribution in [1.29, 1.82) is 0 Å². The summed E-state index contributed by atoms with van der Waals surface area (Å²) in [4.78, 5) is 29.3. The van der Waals surface area contributed by atoms with Gasteiger partial charge in [-0.2, -0.15) is 0 Å². The SMILES string of the molecule is Cc1cccc(Cc2cnc(NC(=O)CCNC(=O)c3ccccc3)s2)c1Cl. The number of carbonyl (C=O) groups is 2. The minimum Gasteiger partial charge on any atom is -0.352 e. The maximum atomic E-state index is 12.1. The van der Waals surface area contributed by atoms with Gasteiger partial charge in [-0.15, -0.1) is 11.3 Å². The van der Waals surface area contributed by atoms with Crippen LogP contribution >= 0.6 is 22.9 Å². The van der Waals surface area contributed by atoms with Crippen molar-refractivity contribution < 1.29 is 9.59 Å². The Hall–Kier alpha value is -2.70. The molecule has 0 radical (unpaired) electrons. The second kappa shape index (κ2) is 9.48. The molecule has 0 aliphatic heterocycles. The van der Waals surface area contributed by atoms with Gasteiger partial charge in [0.05, 0.1) is 0 Å². The Morgan fingerprint density at radius 2 is 1.89 bits per heavy atom. The fourth-order valence-corrected chi connectivity index (χ4v) is 3.69. The molecule has 0 saturated heterocycles. The van der Waals surface area contributed by atoms with Crippen LogP contribution < -0.4 is 10.6 Å². The molecule has 7 heteroatoms. The summed E-state index contributed by atoms with van der Waals surface area (Å²) in [7, 11) is 0. The monoisotopic (exact) mass is 413 g/mol. The molecule has 2 aromatic carbocycles. The average Bonchev–Trinajstić information content (AvgIpc) is 3.13. The molecular formula is C21H20ClN3O2S. The van der Waals surface area contributed by atoms with E-state index in [1.807, 2.05) is 31.2 Å². The highest BCUT2D eigenvalue weighted by molar-refractivity contribution is 7.15. The van der Waals surface area contributed by atoms with Crippen LogP contribution in [-0.2, 0) is 11.2 Å². The van der Waals surface area contributed by atoms with Crippen molar-refractivity contribution in [2.75, 3.05) is 11.9 Å². The number of rotatable bonds is 7. The van der Waals surface area contributed by atoms with Crippen LogP contribution in [0, 0.1) is 6.92 Å². The fraction of sp³-hybridized carbons (Fsp3) is 0.190. The third-order valence-electron chi connectivity index (χ3n) is 4.11. The standard InChI is InChI=1S/C21H20ClN3O2S/c1-14-6-5-9-16(19(14)22)12-17-13-24-21(28-17)25-18(26)10-11-23-20(27)15-7-3-2-4-8-15/h2-9,13H,10-12H2,1H3,(H,23,27)(H,24,25,26). The molecule has 2 N–H and O–H groups in total. The number of hydrogen-bond acceptors (Lipinski definition) is 4. The Morgan fingerprint density at radius 3 is 2.68 bits per heavy atom. The van der Waals surface area contributed by atoms with Gasteiger partial charge in [0.2, 0.25) is 5.91 Å². The van der Waals surface area contributed by atoms with Crippen LogP contribution in [0.3, 0.4) is 0 Å². The van der Waals surface area contributed by atoms with E-state index >= 15 is 0 Å². The van der Waals surface area contributed by atoms with Crippen LogP contribution in [0.2, 0.25) is 5.02 Å². The van der Waals surface area contributed by atoms with E-state index in [1.54, 1.807) is 30.5 Å². The number of aromatic nitrogens is 1. The van der Waals surface area contributed by atoms with E-state index in [4.69, 9.17) is 11.6 Å². The summed E-state index contributed by atoms with van der Waals surface area (Å²) < 4.78 is 0. The highest BCUT2D eigenvalue weighted by Crippen LogP contribution is 2.26. The Morgan fingerprint density at radius 1 is 1.11 bits per heavy atom. The molecule has 144 valence electrons. The minimum absolute atomic E-state index is 0.178. The number of nitrogens with zero attached hydrogens (tertiary/aromatic N) is 1. The van der Waals surface area contributed by atoms with E-state index in [2.05, 4.69) is 15.6 Å². The Labute approximate surface area is 172 Å². The van der Waals surface area contributed by atoms with Crippen LogP contribution in [0.15, 0.2) is 54.7 Å². The number of nitrogens with one attached hydrogen (secondary N) is 2. The van der Waals surface area contributed by atoms with Gasteiger partial charge in [-0.25, -0.2) is 4.98 Å². The molecule has 2 amide bonds. The van der Waals surface area contributed by atoms with E-state index < -0.39 is 0 Å². The van der Waals surface area contributed by atoms with Crippen molar-refractivity contribution in [3.63, 3.8) is 0 Å². The molecule has 0 aliphatic carbocycles. The molecule has 0 bridgehead atoms. The first-order valence-electron chi connectivity index (χ1n) is 8.84. The van der Waals surface area contributed by atoms with E-state index in [0.717, 1.165) is 21.0 Å². The number of amides is 2. The van der Waals surface area contributed by atoms with E-state index in [9.17, 15) is 9.59 Å². The van der Waals surface area contributed by atoms with Crippen molar-refractivity contribution >= 4 is 39.9 Å². The van der Waals surface area contributed by atoms with Gasteiger partial charge in [0.15, 0.2) is 5.13 Å². The number of anilines is 1. The summed E-state index contributed by atoms with van der Waals surface area (Å²) in [5.41, 5.74) is 2.64. The first kappa shape index (κ1) is 20.0. The first-order chi connectivity index (χ1) is 13.5. The topological polar surface area (TPSA) is 71.1 Å². The first-order valence-corrected chi connectivity index (χ1v) is 10.0. The van der Waals surface area contributed by atoms with E-state index in [0.29, 0.717) is 17.1 Å². The van der Waals surface area contributed by atoms with E-state index in [1.165, 1.54) is 11.3 Å². The summed E-state index contributed by atoms with van der Waals surface area (Å²) >= 11 is 7.76. The molecule has 0 aliphatic rings. The van der Waals surface area contributed by atoms with Crippen molar-refractivity contribution in [2.45, 2.75) is 19.8 Å². The lowest BCUT2D eigenvalue weighted by Crippen LogP contribution is -2.27. The molecule has 1 aromatic heterocycles. The second-order valence-corrected chi connectivity index (χ2v) is 7.77. The zero-order chi connectivity index (χ0) is 19.9. The zero-order valence-electron chi connectivity index (χ0n) is 15.4. The third-order valence-corrected chi connectivity index (χ3v) is 5.56. The lowest BCUT2D eigenvalue weighted by molar-refractivity contribution is -0.116. The number of aryl methyl sites for hydroxylation is 1. The van der Waals surface area contributed by atoms with Gasteiger partial charge < -0.3 is 10.6 Å². The van der Waals surface area contributed by atoms with Crippen LogP contribution in [0.5, 0.6) is 0 Å². The van der Waals surface area contributed by atoms with Crippen molar-refractivity contribution in [3.05, 3.63) is 81.3 Å².